The molecule has 1 aliphatic rings. The van der Waals surface area contributed by atoms with Gasteiger partial charge in [-0.2, -0.15) is 0 Å². The molecule has 0 saturated heterocycles. The smallest absolute Gasteiger partial charge is 0.311 e. The van der Waals surface area contributed by atoms with Crippen molar-refractivity contribution in [3.63, 3.8) is 0 Å². The first kappa shape index (κ1) is 26.1. The van der Waals surface area contributed by atoms with E-state index in [1.807, 2.05) is 12.3 Å². The van der Waals surface area contributed by atoms with Crippen molar-refractivity contribution in [2.24, 2.45) is 0 Å². The number of carbonyl (C=O) groups is 3. The Morgan fingerprint density at radius 2 is 1.83 bits per heavy atom. The van der Waals surface area contributed by atoms with Crippen molar-refractivity contribution in [2.45, 2.75) is 43.5 Å². The summed E-state index contributed by atoms with van der Waals surface area (Å²) in [6.07, 6.45) is 2.11. The number of carboxylic acid groups (broad SMARTS) is 1. The van der Waals surface area contributed by atoms with Gasteiger partial charge in [0.1, 0.15) is 0 Å². The monoisotopic (exact) mass is 501 g/mol. The molecule has 0 saturated carbocycles. The zero-order valence-electron chi connectivity index (χ0n) is 19.9. The molecule has 2 aromatic rings. The molecule has 1 amide bonds. The Morgan fingerprint density at radius 3 is 2.43 bits per heavy atom. The van der Waals surface area contributed by atoms with Crippen LogP contribution < -0.4 is 25.0 Å². The lowest BCUT2D eigenvalue weighted by molar-refractivity contribution is -0.142. The number of aliphatic carboxylic acids is 1. The number of methoxy groups -OCH3 is 2. The molecule has 0 bridgehead atoms. The van der Waals surface area contributed by atoms with Crippen molar-refractivity contribution in [2.75, 3.05) is 20.5 Å². The molecule has 0 aromatic heterocycles. The zero-order valence-corrected chi connectivity index (χ0v) is 20.7. The SMILES string of the molecule is COc1c(OC(=O)CCC(=O)O)cc2c(c1OC)-c1ccc(SC)c(=O)cc1[C@@H](NC(C)=O)CC2. The fraction of sp³-hybridized carbons (Fsp3) is 0.360. The number of carboxylic acids is 1. The van der Waals surface area contributed by atoms with Crippen LogP contribution in [0.1, 0.15) is 43.4 Å². The summed E-state index contributed by atoms with van der Waals surface area (Å²) in [6.45, 7) is 1.42. The first-order valence-electron chi connectivity index (χ1n) is 10.9. The first-order valence-corrected chi connectivity index (χ1v) is 12.1. The van der Waals surface area contributed by atoms with E-state index in [2.05, 4.69) is 5.32 Å². The van der Waals surface area contributed by atoms with E-state index < -0.39 is 18.0 Å². The van der Waals surface area contributed by atoms with Crippen LogP contribution >= 0.6 is 11.8 Å². The lowest BCUT2D eigenvalue weighted by Gasteiger charge is -2.20. The van der Waals surface area contributed by atoms with Crippen molar-refractivity contribution in [3.8, 4) is 28.4 Å². The summed E-state index contributed by atoms with van der Waals surface area (Å²) < 4.78 is 16.7. The molecule has 0 heterocycles. The minimum atomic E-state index is -1.11. The standard InChI is InChI=1S/C25H27NO8S/c1-13(27)26-17-7-5-14-11-19(34-22(31)10-9-21(29)30)24(32-2)25(33-3)23(14)15-6-8-20(35-4)18(28)12-16(15)17/h6,8,11-12,17H,5,7,9-10H2,1-4H3,(H,26,27)(H,29,30)/t17-/m0/s1. The third kappa shape index (κ3) is 5.76. The Hall–Kier alpha value is -3.53. The largest absolute Gasteiger partial charge is 0.492 e. The molecule has 2 N–H and O–H groups in total. The minimum Gasteiger partial charge on any atom is -0.492 e. The number of ether oxygens (including phenoxy) is 3. The molecular formula is C25H27NO8S. The number of esters is 1. The zero-order chi connectivity index (χ0) is 25.7. The molecule has 0 radical (unpaired) electrons. The molecule has 10 heteroatoms. The van der Waals surface area contributed by atoms with Crippen LogP contribution in [0.3, 0.4) is 0 Å². The van der Waals surface area contributed by atoms with Gasteiger partial charge >= 0.3 is 11.9 Å². The van der Waals surface area contributed by atoms with Gasteiger partial charge in [-0.1, -0.05) is 6.07 Å². The van der Waals surface area contributed by atoms with Crippen molar-refractivity contribution in [1.29, 1.82) is 0 Å². The Balaban J connectivity index is 2.25. The summed E-state index contributed by atoms with van der Waals surface area (Å²) in [5, 5.41) is 11.8. The van der Waals surface area contributed by atoms with E-state index in [9.17, 15) is 19.2 Å². The second-order valence-electron chi connectivity index (χ2n) is 7.91. The van der Waals surface area contributed by atoms with Crippen LogP contribution in [0.15, 0.2) is 34.0 Å². The highest BCUT2D eigenvalue weighted by Gasteiger charge is 2.30. The fourth-order valence-electron chi connectivity index (χ4n) is 4.17. The van der Waals surface area contributed by atoms with Crippen LogP contribution in [0.5, 0.6) is 17.2 Å². The second kappa shape index (κ2) is 11.3. The summed E-state index contributed by atoms with van der Waals surface area (Å²) in [5.74, 6) is -1.48. The molecule has 0 aliphatic heterocycles. The number of amides is 1. The van der Waals surface area contributed by atoms with E-state index in [0.29, 0.717) is 40.2 Å². The van der Waals surface area contributed by atoms with Gasteiger partial charge in [0.2, 0.25) is 11.7 Å². The topological polar surface area (TPSA) is 128 Å². The van der Waals surface area contributed by atoms with Crippen LogP contribution in [-0.2, 0) is 20.8 Å². The second-order valence-corrected chi connectivity index (χ2v) is 8.76. The number of hydrogen-bond acceptors (Lipinski definition) is 8. The maximum Gasteiger partial charge on any atom is 0.311 e. The average molecular weight is 502 g/mol. The van der Waals surface area contributed by atoms with E-state index in [-0.39, 0.29) is 35.7 Å². The molecule has 1 aliphatic carbocycles. The Kier molecular flexibility index (Phi) is 8.39. The van der Waals surface area contributed by atoms with E-state index in [1.54, 1.807) is 18.2 Å². The molecule has 0 spiro atoms. The normalized spacial score (nSPS) is 14.1. The maximum absolute atomic E-state index is 12.9. The molecule has 35 heavy (non-hydrogen) atoms. The van der Waals surface area contributed by atoms with Crippen LogP contribution in [0.2, 0.25) is 0 Å². The molecule has 0 unspecified atom stereocenters. The van der Waals surface area contributed by atoms with Crippen LogP contribution in [0.25, 0.3) is 11.1 Å². The highest BCUT2D eigenvalue weighted by molar-refractivity contribution is 7.98. The first-order chi connectivity index (χ1) is 16.7. The molecule has 3 rings (SSSR count). The van der Waals surface area contributed by atoms with Crippen LogP contribution in [0.4, 0.5) is 0 Å². The predicted molar refractivity (Wildman–Crippen MR) is 130 cm³/mol. The van der Waals surface area contributed by atoms with Gasteiger partial charge in [-0.3, -0.25) is 19.2 Å². The minimum absolute atomic E-state index is 0.104. The summed E-state index contributed by atoms with van der Waals surface area (Å²) in [7, 11) is 2.86. The van der Waals surface area contributed by atoms with E-state index in [1.165, 1.54) is 32.9 Å². The average Bonchev–Trinajstić information content (AvgIpc) is 3.05. The van der Waals surface area contributed by atoms with Crippen LogP contribution in [-0.4, -0.2) is 43.4 Å². The van der Waals surface area contributed by atoms with Gasteiger partial charge in [-0.05, 0) is 54.0 Å². The molecule has 9 nitrogen and oxygen atoms in total. The van der Waals surface area contributed by atoms with Gasteiger partial charge in [0.05, 0.1) is 38.0 Å². The summed E-state index contributed by atoms with van der Waals surface area (Å²) in [6, 6.07) is 6.33. The lowest BCUT2D eigenvalue weighted by atomic mass is 9.95. The Bertz CT molecular complexity index is 1230. The maximum atomic E-state index is 12.9. The predicted octanol–water partition coefficient (Wildman–Crippen LogP) is 3.35. The van der Waals surface area contributed by atoms with Crippen molar-refractivity contribution in [3.05, 3.63) is 45.6 Å². The highest BCUT2D eigenvalue weighted by Crippen LogP contribution is 2.50. The number of nitrogens with one attached hydrogen (secondary N) is 1. The van der Waals surface area contributed by atoms with E-state index in [4.69, 9.17) is 19.3 Å². The number of aryl methyl sites for hydroxylation is 1. The van der Waals surface area contributed by atoms with Gasteiger partial charge in [0.15, 0.2) is 16.9 Å². The van der Waals surface area contributed by atoms with E-state index >= 15 is 0 Å². The molecule has 1 atom stereocenters. The Labute approximate surface area is 206 Å². The van der Waals surface area contributed by atoms with Crippen molar-refractivity contribution >= 4 is 29.6 Å². The van der Waals surface area contributed by atoms with Gasteiger partial charge in [0.25, 0.3) is 0 Å². The van der Waals surface area contributed by atoms with Gasteiger partial charge in [-0.15, -0.1) is 11.8 Å². The van der Waals surface area contributed by atoms with Crippen molar-refractivity contribution in [1.82, 2.24) is 5.32 Å². The third-order valence-electron chi connectivity index (χ3n) is 5.64. The number of rotatable bonds is 8. The quantitative estimate of drug-likeness (QED) is 0.318. The number of hydrogen-bond donors (Lipinski definition) is 2. The van der Waals surface area contributed by atoms with Crippen LogP contribution in [0, 0.1) is 0 Å². The molecule has 0 fully saturated rings. The highest BCUT2D eigenvalue weighted by atomic mass is 32.2. The number of carbonyl (C=O) groups excluding carboxylic acids is 2. The van der Waals surface area contributed by atoms with E-state index in [0.717, 1.165) is 5.56 Å². The lowest BCUT2D eigenvalue weighted by Crippen LogP contribution is -2.26. The molecule has 2 aromatic carbocycles. The fourth-order valence-corrected chi connectivity index (χ4v) is 4.63. The summed E-state index contributed by atoms with van der Waals surface area (Å²) in [4.78, 5) is 48.5. The summed E-state index contributed by atoms with van der Waals surface area (Å²) >= 11 is 1.33. The van der Waals surface area contributed by atoms with Gasteiger partial charge in [-0.25, -0.2) is 0 Å². The molecule has 186 valence electrons. The number of benzene rings is 1. The molecular weight excluding hydrogens is 474 g/mol. The number of thioether (sulfide) groups is 1. The third-order valence-corrected chi connectivity index (χ3v) is 6.42. The van der Waals surface area contributed by atoms with Gasteiger partial charge < -0.3 is 24.6 Å². The summed E-state index contributed by atoms with van der Waals surface area (Å²) in [5.41, 5.74) is 2.61. The number of fused-ring (bicyclic) bond motifs is 3. The van der Waals surface area contributed by atoms with Crippen molar-refractivity contribution < 1.29 is 33.7 Å². The Morgan fingerprint density at radius 1 is 1.11 bits per heavy atom. The van der Waals surface area contributed by atoms with Gasteiger partial charge in [0, 0.05) is 12.5 Å².